The summed E-state index contributed by atoms with van der Waals surface area (Å²) in [5, 5.41) is 5.95. The van der Waals surface area contributed by atoms with Gasteiger partial charge in [0, 0.05) is 36.9 Å². The van der Waals surface area contributed by atoms with Crippen molar-refractivity contribution in [3.63, 3.8) is 0 Å². The van der Waals surface area contributed by atoms with Crippen LogP contribution in [0.1, 0.15) is 22.9 Å². The van der Waals surface area contributed by atoms with Gasteiger partial charge in [0.15, 0.2) is 11.7 Å². The van der Waals surface area contributed by atoms with Crippen molar-refractivity contribution in [3.05, 3.63) is 162 Å². The molecule has 0 radical (unpaired) electrons. The molecule has 9 rings (SSSR count). The summed E-state index contributed by atoms with van der Waals surface area (Å²) < 4.78 is 8.66. The Hall–Kier alpha value is -5.85. The van der Waals surface area contributed by atoms with Gasteiger partial charge >= 0.3 is 0 Å². The van der Waals surface area contributed by atoms with Crippen LogP contribution in [0.2, 0.25) is 0 Å². The van der Waals surface area contributed by atoms with E-state index in [9.17, 15) is 0 Å². The van der Waals surface area contributed by atoms with E-state index in [0.717, 1.165) is 50.6 Å². The predicted octanol–water partition coefficient (Wildman–Crippen LogP) is 10.0. The maximum Gasteiger partial charge on any atom is 0.227 e. The number of nitrogens with zero attached hydrogens (tertiary/aromatic N) is 3. The maximum atomic E-state index is 6.21. The third-order valence-electron chi connectivity index (χ3n) is 8.38. The van der Waals surface area contributed by atoms with Crippen molar-refractivity contribution in [2.75, 3.05) is 0 Å². The molecule has 0 unspecified atom stereocenters. The quantitative estimate of drug-likeness (QED) is 0.211. The van der Waals surface area contributed by atoms with Crippen LogP contribution in [0.25, 0.3) is 53.9 Å². The lowest BCUT2D eigenvalue weighted by molar-refractivity contribution is 0.620. The number of aromatic nitrogens is 1. The molecule has 2 aromatic heterocycles. The summed E-state index contributed by atoms with van der Waals surface area (Å²) in [4.78, 5) is 14.9. The van der Waals surface area contributed by atoms with Crippen LogP contribution in [0.3, 0.4) is 0 Å². The number of thiophene rings is 1. The highest BCUT2D eigenvalue weighted by Crippen LogP contribution is 2.42. The molecule has 0 amide bonds. The minimum Gasteiger partial charge on any atom is -0.436 e. The van der Waals surface area contributed by atoms with Crippen LogP contribution in [0, 0.1) is 0 Å². The Labute approximate surface area is 269 Å². The predicted molar refractivity (Wildman–Crippen MR) is 190 cm³/mol. The van der Waals surface area contributed by atoms with E-state index in [4.69, 9.17) is 19.4 Å². The molecule has 46 heavy (non-hydrogen) atoms. The SMILES string of the molecule is c1ccc(C2=NC(c3ccc4c(c3)sc3c(-c5ccc6nc(-c7ccccc7)oc6c5)cccc34)N=C(c3ccccc3)N2)cc1. The lowest BCUT2D eigenvalue weighted by atomic mass is 10.0. The molecular weight excluding hydrogens is 585 g/mol. The second-order valence-electron chi connectivity index (χ2n) is 11.3. The van der Waals surface area contributed by atoms with Crippen molar-refractivity contribution >= 4 is 54.3 Å². The fourth-order valence-electron chi connectivity index (χ4n) is 6.08. The summed E-state index contributed by atoms with van der Waals surface area (Å²) in [7, 11) is 0. The Kier molecular flexibility index (Phi) is 6.32. The first-order chi connectivity index (χ1) is 22.8. The minimum absolute atomic E-state index is 0.367. The number of hydrogen-bond donors (Lipinski definition) is 1. The van der Waals surface area contributed by atoms with Crippen molar-refractivity contribution in [1.82, 2.24) is 10.3 Å². The average Bonchev–Trinajstić information content (AvgIpc) is 3.74. The maximum absolute atomic E-state index is 6.21. The topological polar surface area (TPSA) is 62.8 Å². The van der Waals surface area contributed by atoms with Crippen LogP contribution in [0.4, 0.5) is 0 Å². The number of rotatable bonds is 5. The second kappa shape index (κ2) is 10.9. The summed E-state index contributed by atoms with van der Waals surface area (Å²) >= 11 is 1.80. The van der Waals surface area contributed by atoms with Crippen LogP contribution in [-0.4, -0.2) is 16.7 Å². The fourth-order valence-corrected chi connectivity index (χ4v) is 7.37. The Morgan fingerprint density at radius 3 is 1.93 bits per heavy atom. The molecule has 0 spiro atoms. The third-order valence-corrected chi connectivity index (χ3v) is 9.58. The molecule has 0 atom stereocenters. The molecule has 5 nitrogen and oxygen atoms in total. The van der Waals surface area contributed by atoms with Crippen LogP contribution in [0.15, 0.2) is 160 Å². The second-order valence-corrected chi connectivity index (χ2v) is 12.3. The van der Waals surface area contributed by atoms with E-state index in [-0.39, 0.29) is 6.17 Å². The van der Waals surface area contributed by atoms with Crippen LogP contribution in [0.5, 0.6) is 0 Å². The Balaban J connectivity index is 1.13. The van der Waals surface area contributed by atoms with Gasteiger partial charge in [-0.2, -0.15) is 0 Å². The number of hydrogen-bond acceptors (Lipinski definition) is 6. The van der Waals surface area contributed by atoms with Crippen LogP contribution >= 0.6 is 11.3 Å². The zero-order valence-corrected chi connectivity index (χ0v) is 25.4. The number of amidine groups is 2. The molecule has 218 valence electrons. The normalized spacial score (nSPS) is 13.6. The van der Waals surface area contributed by atoms with E-state index >= 15 is 0 Å². The largest absolute Gasteiger partial charge is 0.436 e. The van der Waals surface area contributed by atoms with Gasteiger partial charge in [0.2, 0.25) is 5.89 Å². The molecule has 0 saturated heterocycles. The molecule has 3 heterocycles. The van der Waals surface area contributed by atoms with Gasteiger partial charge in [0.25, 0.3) is 0 Å². The van der Waals surface area contributed by atoms with Crippen molar-refractivity contribution in [2.45, 2.75) is 6.17 Å². The summed E-state index contributed by atoms with van der Waals surface area (Å²) in [6.45, 7) is 0. The van der Waals surface area contributed by atoms with E-state index in [2.05, 4.69) is 78.1 Å². The zero-order chi connectivity index (χ0) is 30.5. The highest BCUT2D eigenvalue weighted by atomic mass is 32.1. The fraction of sp³-hybridized carbons (Fsp3) is 0.0250. The monoisotopic (exact) mass is 610 g/mol. The van der Waals surface area contributed by atoms with Crippen LogP contribution in [-0.2, 0) is 0 Å². The summed E-state index contributed by atoms with van der Waals surface area (Å²) in [6, 6.07) is 50.0. The highest BCUT2D eigenvalue weighted by molar-refractivity contribution is 7.26. The van der Waals surface area contributed by atoms with Crippen molar-refractivity contribution in [1.29, 1.82) is 0 Å². The zero-order valence-electron chi connectivity index (χ0n) is 24.6. The van der Waals surface area contributed by atoms with Gasteiger partial charge in [-0.05, 0) is 47.0 Å². The summed E-state index contributed by atoms with van der Waals surface area (Å²) in [5.41, 5.74) is 8.00. The van der Waals surface area contributed by atoms with E-state index in [1.807, 2.05) is 72.8 Å². The van der Waals surface area contributed by atoms with Gasteiger partial charge in [-0.3, -0.25) is 0 Å². The first-order valence-corrected chi connectivity index (χ1v) is 16.0. The number of benzene rings is 6. The smallest absolute Gasteiger partial charge is 0.227 e. The van der Waals surface area contributed by atoms with Crippen molar-refractivity contribution < 1.29 is 4.42 Å². The lowest BCUT2D eigenvalue weighted by Gasteiger charge is -2.22. The highest BCUT2D eigenvalue weighted by Gasteiger charge is 2.22. The third kappa shape index (κ3) is 4.67. The summed E-state index contributed by atoms with van der Waals surface area (Å²) in [6.07, 6.45) is -0.367. The number of aliphatic imine (C=N–C) groups is 2. The first-order valence-electron chi connectivity index (χ1n) is 15.2. The van der Waals surface area contributed by atoms with Crippen molar-refractivity contribution in [2.24, 2.45) is 9.98 Å². The molecule has 1 aliphatic heterocycles. The summed E-state index contributed by atoms with van der Waals surface area (Å²) in [5.74, 6) is 2.27. The van der Waals surface area contributed by atoms with Crippen LogP contribution < -0.4 is 5.32 Å². The Morgan fingerprint density at radius 2 is 1.24 bits per heavy atom. The average molecular weight is 611 g/mol. The van der Waals surface area contributed by atoms with Gasteiger partial charge in [-0.15, -0.1) is 11.3 Å². The molecule has 6 heteroatoms. The Morgan fingerprint density at radius 1 is 0.565 bits per heavy atom. The first kappa shape index (κ1) is 26.5. The molecule has 0 saturated carbocycles. The van der Waals surface area contributed by atoms with Gasteiger partial charge < -0.3 is 9.73 Å². The molecular formula is C40H26N4OS. The standard InChI is InChI=1S/C40H26N4OS/c1-4-11-25(12-5-1)37-42-38(26-13-6-2-7-14-26)44-39(43-37)29-19-21-31-32-18-10-17-30(36(32)46-35(31)24-29)28-20-22-33-34(23-28)45-40(41-33)27-15-8-3-9-16-27/h1-24,39H,(H,42,43,44). The van der Waals surface area contributed by atoms with E-state index in [0.29, 0.717) is 5.89 Å². The van der Waals surface area contributed by atoms with E-state index in [1.165, 1.54) is 25.7 Å². The van der Waals surface area contributed by atoms with Gasteiger partial charge in [0.05, 0.1) is 0 Å². The van der Waals surface area contributed by atoms with Gasteiger partial charge in [0.1, 0.15) is 17.2 Å². The van der Waals surface area contributed by atoms with Gasteiger partial charge in [-0.25, -0.2) is 15.0 Å². The number of oxazole rings is 1. The Bertz CT molecular complexity index is 2390. The minimum atomic E-state index is -0.367. The lowest BCUT2D eigenvalue weighted by Crippen LogP contribution is -2.35. The molecule has 0 aliphatic carbocycles. The molecule has 1 N–H and O–H groups in total. The number of fused-ring (bicyclic) bond motifs is 4. The number of nitrogens with one attached hydrogen (secondary N) is 1. The molecule has 0 fully saturated rings. The molecule has 6 aromatic carbocycles. The molecule has 0 bridgehead atoms. The van der Waals surface area contributed by atoms with Gasteiger partial charge in [-0.1, -0.05) is 115 Å². The molecule has 1 aliphatic rings. The van der Waals surface area contributed by atoms with E-state index in [1.54, 1.807) is 11.3 Å². The van der Waals surface area contributed by atoms with Crippen molar-refractivity contribution in [3.8, 4) is 22.6 Å². The van der Waals surface area contributed by atoms with E-state index < -0.39 is 0 Å². The molecule has 8 aromatic rings.